The van der Waals surface area contributed by atoms with Gasteiger partial charge in [0.25, 0.3) is 0 Å². The Balaban J connectivity index is 2.11. The van der Waals surface area contributed by atoms with E-state index in [1.807, 2.05) is 18.3 Å². The molecule has 2 rings (SSSR count). The lowest BCUT2D eigenvalue weighted by molar-refractivity contribution is 0.189. The molecule has 0 amide bonds. The second kappa shape index (κ2) is 5.47. The summed E-state index contributed by atoms with van der Waals surface area (Å²) in [6, 6.07) is 3.91. The maximum Gasteiger partial charge on any atom is 0.0928 e. The molecule has 2 aromatic heterocycles. The molecular formula is C13H18N2OS. The Morgan fingerprint density at radius 1 is 1.53 bits per heavy atom. The molecule has 0 spiro atoms. The summed E-state index contributed by atoms with van der Waals surface area (Å²) in [7, 11) is 0. The second-order valence-electron chi connectivity index (χ2n) is 4.22. The summed E-state index contributed by atoms with van der Waals surface area (Å²) in [5, 5.41) is 12.9. The van der Waals surface area contributed by atoms with Crippen molar-refractivity contribution >= 4 is 11.3 Å². The Kier molecular flexibility index (Phi) is 3.97. The van der Waals surface area contributed by atoms with Crippen LogP contribution in [0.3, 0.4) is 0 Å². The first-order chi connectivity index (χ1) is 8.20. The summed E-state index contributed by atoms with van der Waals surface area (Å²) in [4.78, 5) is 4.59. The number of nitrogens with zero attached hydrogens (tertiary/aromatic N) is 2. The van der Waals surface area contributed by atoms with Crippen LogP contribution >= 0.6 is 11.3 Å². The fraction of sp³-hybridized carbons (Fsp3) is 0.462. The molecule has 2 heterocycles. The van der Waals surface area contributed by atoms with Gasteiger partial charge in [0.2, 0.25) is 0 Å². The van der Waals surface area contributed by atoms with Gasteiger partial charge >= 0.3 is 0 Å². The van der Waals surface area contributed by atoms with Gasteiger partial charge in [0.15, 0.2) is 0 Å². The molecule has 0 aliphatic heterocycles. The minimum Gasteiger partial charge on any atom is -0.387 e. The molecule has 0 aliphatic rings. The van der Waals surface area contributed by atoms with Gasteiger partial charge in [0.1, 0.15) is 0 Å². The lowest BCUT2D eigenvalue weighted by Crippen LogP contribution is -2.06. The van der Waals surface area contributed by atoms with Gasteiger partial charge in [-0.25, -0.2) is 4.98 Å². The minimum absolute atomic E-state index is 0.432. The Hall–Kier alpha value is -1.13. The molecule has 92 valence electrons. The van der Waals surface area contributed by atoms with Crippen molar-refractivity contribution in [1.82, 2.24) is 9.55 Å². The van der Waals surface area contributed by atoms with E-state index in [-0.39, 0.29) is 0 Å². The van der Waals surface area contributed by atoms with Crippen molar-refractivity contribution in [2.45, 2.75) is 39.3 Å². The quantitative estimate of drug-likeness (QED) is 0.886. The number of hydrogen-bond donors (Lipinski definition) is 1. The van der Waals surface area contributed by atoms with Crippen molar-refractivity contribution in [3.05, 3.63) is 40.1 Å². The third kappa shape index (κ3) is 2.96. The van der Waals surface area contributed by atoms with Gasteiger partial charge in [-0.1, -0.05) is 6.92 Å². The van der Waals surface area contributed by atoms with Crippen molar-refractivity contribution in [1.29, 1.82) is 0 Å². The standard InChI is InChI=1S/C13H18N2OS/c1-3-5-13-14-11(9-17-13)8-15-7-4-6-12(15)10(2)16/h4,6-7,9-10,16H,3,5,8H2,1-2H3. The first kappa shape index (κ1) is 12.3. The van der Waals surface area contributed by atoms with Gasteiger partial charge in [-0.3, -0.25) is 0 Å². The molecule has 1 atom stereocenters. The van der Waals surface area contributed by atoms with E-state index in [1.54, 1.807) is 18.3 Å². The molecule has 4 heteroatoms. The molecule has 1 unspecified atom stereocenters. The monoisotopic (exact) mass is 250 g/mol. The van der Waals surface area contributed by atoms with Gasteiger partial charge in [-0.15, -0.1) is 11.3 Å². The van der Waals surface area contributed by atoms with E-state index in [9.17, 15) is 5.11 Å². The van der Waals surface area contributed by atoms with Crippen LogP contribution in [0.25, 0.3) is 0 Å². The van der Waals surface area contributed by atoms with E-state index in [2.05, 4.69) is 21.9 Å². The fourth-order valence-electron chi connectivity index (χ4n) is 1.88. The molecule has 1 N–H and O–H groups in total. The van der Waals surface area contributed by atoms with Gasteiger partial charge in [0.05, 0.1) is 23.4 Å². The van der Waals surface area contributed by atoms with Crippen molar-refractivity contribution in [2.75, 3.05) is 0 Å². The van der Waals surface area contributed by atoms with Crippen LogP contribution in [-0.2, 0) is 13.0 Å². The van der Waals surface area contributed by atoms with Crippen LogP contribution in [0.5, 0.6) is 0 Å². The van der Waals surface area contributed by atoms with Gasteiger partial charge in [-0.2, -0.15) is 0 Å². The largest absolute Gasteiger partial charge is 0.387 e. The number of aliphatic hydroxyl groups excluding tert-OH is 1. The average Bonchev–Trinajstić information content (AvgIpc) is 2.89. The highest BCUT2D eigenvalue weighted by molar-refractivity contribution is 7.09. The predicted octanol–water partition coefficient (Wildman–Crippen LogP) is 3.00. The van der Waals surface area contributed by atoms with E-state index in [1.165, 1.54) is 5.01 Å². The highest BCUT2D eigenvalue weighted by Gasteiger charge is 2.08. The summed E-state index contributed by atoms with van der Waals surface area (Å²) in [6.45, 7) is 4.70. The number of aryl methyl sites for hydroxylation is 1. The molecule has 3 nitrogen and oxygen atoms in total. The lowest BCUT2D eigenvalue weighted by atomic mass is 10.3. The molecule has 0 aliphatic carbocycles. The highest BCUT2D eigenvalue weighted by atomic mass is 32.1. The highest BCUT2D eigenvalue weighted by Crippen LogP contribution is 2.17. The molecule has 0 fully saturated rings. The van der Waals surface area contributed by atoms with Gasteiger partial charge in [0, 0.05) is 17.3 Å². The van der Waals surface area contributed by atoms with E-state index < -0.39 is 6.10 Å². The second-order valence-corrected chi connectivity index (χ2v) is 5.16. The Morgan fingerprint density at radius 2 is 2.35 bits per heavy atom. The summed E-state index contributed by atoms with van der Waals surface area (Å²) in [6.07, 6.45) is 3.74. The van der Waals surface area contributed by atoms with Crippen LogP contribution in [0.4, 0.5) is 0 Å². The smallest absolute Gasteiger partial charge is 0.0928 e. The van der Waals surface area contributed by atoms with E-state index >= 15 is 0 Å². The molecule has 0 saturated heterocycles. The average molecular weight is 250 g/mol. The molecule has 0 aromatic carbocycles. The molecule has 0 saturated carbocycles. The zero-order valence-electron chi connectivity index (χ0n) is 10.3. The number of hydrogen-bond acceptors (Lipinski definition) is 3. The third-order valence-electron chi connectivity index (χ3n) is 2.69. The first-order valence-electron chi connectivity index (χ1n) is 5.97. The molecule has 0 radical (unpaired) electrons. The normalized spacial score (nSPS) is 12.9. The van der Waals surface area contributed by atoms with Crippen LogP contribution in [-0.4, -0.2) is 14.7 Å². The number of aliphatic hydroxyl groups is 1. The van der Waals surface area contributed by atoms with Crippen LogP contribution in [0, 0.1) is 0 Å². The molecular weight excluding hydrogens is 232 g/mol. The number of rotatable bonds is 5. The van der Waals surface area contributed by atoms with Crippen LogP contribution in [0.15, 0.2) is 23.7 Å². The molecule has 17 heavy (non-hydrogen) atoms. The lowest BCUT2D eigenvalue weighted by Gasteiger charge is -2.09. The first-order valence-corrected chi connectivity index (χ1v) is 6.85. The Labute approximate surface area is 106 Å². The van der Waals surface area contributed by atoms with Gasteiger partial charge in [-0.05, 0) is 31.9 Å². The SMILES string of the molecule is CCCc1nc(Cn2cccc2C(C)O)cs1. The van der Waals surface area contributed by atoms with Crippen molar-refractivity contribution in [2.24, 2.45) is 0 Å². The summed E-state index contributed by atoms with van der Waals surface area (Å²) >= 11 is 1.72. The van der Waals surface area contributed by atoms with Crippen LogP contribution in [0.1, 0.15) is 42.8 Å². The minimum atomic E-state index is -0.432. The third-order valence-corrected chi connectivity index (χ3v) is 3.65. The van der Waals surface area contributed by atoms with E-state index in [0.29, 0.717) is 0 Å². The molecule has 2 aromatic rings. The topological polar surface area (TPSA) is 38.0 Å². The summed E-state index contributed by atoms with van der Waals surface area (Å²) in [5.41, 5.74) is 2.02. The Bertz CT molecular complexity index is 473. The summed E-state index contributed by atoms with van der Waals surface area (Å²) in [5.74, 6) is 0. The van der Waals surface area contributed by atoms with E-state index in [4.69, 9.17) is 0 Å². The number of aromatic nitrogens is 2. The van der Waals surface area contributed by atoms with Crippen LogP contribution < -0.4 is 0 Å². The van der Waals surface area contributed by atoms with Crippen molar-refractivity contribution in [3.63, 3.8) is 0 Å². The Morgan fingerprint density at radius 3 is 3.06 bits per heavy atom. The van der Waals surface area contributed by atoms with Crippen molar-refractivity contribution < 1.29 is 5.11 Å². The number of thiazole rings is 1. The van der Waals surface area contributed by atoms with Gasteiger partial charge < -0.3 is 9.67 Å². The summed E-state index contributed by atoms with van der Waals surface area (Å²) < 4.78 is 2.05. The predicted molar refractivity (Wildman–Crippen MR) is 70.3 cm³/mol. The van der Waals surface area contributed by atoms with Crippen LogP contribution in [0.2, 0.25) is 0 Å². The zero-order chi connectivity index (χ0) is 12.3. The maximum atomic E-state index is 9.62. The fourth-order valence-corrected chi connectivity index (χ4v) is 2.77. The van der Waals surface area contributed by atoms with Crippen molar-refractivity contribution in [3.8, 4) is 0 Å². The molecule has 0 bridgehead atoms. The zero-order valence-corrected chi connectivity index (χ0v) is 11.1. The van der Waals surface area contributed by atoms with E-state index in [0.717, 1.165) is 30.8 Å². The maximum absolute atomic E-state index is 9.62.